The predicted molar refractivity (Wildman–Crippen MR) is 81.9 cm³/mol. The highest BCUT2D eigenvalue weighted by molar-refractivity contribution is 5.92. The monoisotopic (exact) mass is 279 g/mol. The van der Waals surface area contributed by atoms with Gasteiger partial charge in [0, 0.05) is 19.0 Å². The molecule has 1 amide bonds. The van der Waals surface area contributed by atoms with Crippen molar-refractivity contribution in [3.8, 4) is 5.75 Å². The van der Waals surface area contributed by atoms with E-state index in [1.165, 1.54) is 0 Å². The van der Waals surface area contributed by atoms with Crippen molar-refractivity contribution in [3.05, 3.63) is 23.8 Å². The Morgan fingerprint density at radius 2 is 2.15 bits per heavy atom. The molecule has 3 N–H and O–H groups in total. The van der Waals surface area contributed by atoms with Crippen LogP contribution in [-0.2, 0) is 11.3 Å². The Hall–Kier alpha value is -1.59. The van der Waals surface area contributed by atoms with Crippen LogP contribution < -0.4 is 15.8 Å². The third-order valence-electron chi connectivity index (χ3n) is 3.01. The van der Waals surface area contributed by atoms with E-state index in [9.17, 15) is 4.79 Å². The van der Waals surface area contributed by atoms with Crippen molar-refractivity contribution in [2.75, 3.05) is 26.5 Å². The minimum atomic E-state index is -0.106. The van der Waals surface area contributed by atoms with Crippen LogP contribution in [-0.4, -0.2) is 38.1 Å². The van der Waals surface area contributed by atoms with Crippen molar-refractivity contribution in [1.82, 2.24) is 4.90 Å². The molecule has 0 aromatic heterocycles. The lowest BCUT2D eigenvalue weighted by atomic mass is 10.1. The second-order valence-electron chi connectivity index (χ2n) is 5.19. The van der Waals surface area contributed by atoms with E-state index < -0.39 is 0 Å². The minimum Gasteiger partial charge on any atom is -0.495 e. The Morgan fingerprint density at radius 1 is 1.45 bits per heavy atom. The van der Waals surface area contributed by atoms with E-state index in [-0.39, 0.29) is 11.9 Å². The molecule has 1 rings (SSSR count). The second kappa shape index (κ2) is 7.87. The number of benzene rings is 1. The summed E-state index contributed by atoms with van der Waals surface area (Å²) in [5.74, 6) is 0.575. The number of carbonyl (C=O) groups excluding carboxylic acids is 1. The van der Waals surface area contributed by atoms with E-state index in [0.717, 1.165) is 18.5 Å². The van der Waals surface area contributed by atoms with Gasteiger partial charge in [-0.25, -0.2) is 0 Å². The van der Waals surface area contributed by atoms with Gasteiger partial charge >= 0.3 is 0 Å². The van der Waals surface area contributed by atoms with Crippen molar-refractivity contribution in [1.29, 1.82) is 0 Å². The number of anilines is 1. The molecule has 0 saturated carbocycles. The quantitative estimate of drug-likeness (QED) is 0.799. The number of carbonyl (C=O) groups is 1. The molecule has 1 aromatic rings. The maximum atomic E-state index is 11.9. The van der Waals surface area contributed by atoms with E-state index in [0.29, 0.717) is 17.9 Å². The van der Waals surface area contributed by atoms with Gasteiger partial charge in [0.1, 0.15) is 5.75 Å². The van der Waals surface area contributed by atoms with Gasteiger partial charge in [-0.15, -0.1) is 0 Å². The number of ether oxygens (including phenoxy) is 1. The van der Waals surface area contributed by atoms with Gasteiger partial charge in [0.05, 0.1) is 12.8 Å². The van der Waals surface area contributed by atoms with Crippen LogP contribution in [0.4, 0.5) is 5.69 Å². The molecule has 0 spiro atoms. The topological polar surface area (TPSA) is 67.6 Å². The normalized spacial score (nSPS) is 12.3. The number of hydrogen-bond donors (Lipinski definition) is 2. The fraction of sp³-hybridized carbons (Fsp3) is 0.533. The van der Waals surface area contributed by atoms with Crippen LogP contribution in [0, 0.1) is 0 Å². The van der Waals surface area contributed by atoms with E-state index >= 15 is 0 Å². The zero-order valence-electron chi connectivity index (χ0n) is 12.8. The second-order valence-corrected chi connectivity index (χ2v) is 5.19. The Morgan fingerprint density at radius 3 is 2.70 bits per heavy atom. The Kier molecular flexibility index (Phi) is 6.48. The van der Waals surface area contributed by atoms with Crippen molar-refractivity contribution in [2.24, 2.45) is 5.73 Å². The number of methoxy groups -OCH3 is 1. The summed E-state index contributed by atoms with van der Waals surface area (Å²) >= 11 is 0. The maximum absolute atomic E-state index is 11.9. The van der Waals surface area contributed by atoms with Gasteiger partial charge in [-0.1, -0.05) is 13.0 Å². The molecule has 0 fully saturated rings. The van der Waals surface area contributed by atoms with Crippen LogP contribution in [0.3, 0.4) is 0 Å². The van der Waals surface area contributed by atoms with Gasteiger partial charge < -0.3 is 20.7 Å². The first-order chi connectivity index (χ1) is 9.46. The van der Waals surface area contributed by atoms with Crippen LogP contribution in [0.5, 0.6) is 5.75 Å². The van der Waals surface area contributed by atoms with E-state index in [4.69, 9.17) is 10.5 Å². The summed E-state index contributed by atoms with van der Waals surface area (Å²) in [6, 6.07) is 5.69. The Balaban J connectivity index is 2.82. The highest BCUT2D eigenvalue weighted by atomic mass is 16.5. The average Bonchev–Trinajstić information content (AvgIpc) is 2.38. The fourth-order valence-electron chi connectivity index (χ4n) is 1.90. The van der Waals surface area contributed by atoms with Crippen LogP contribution in [0.25, 0.3) is 0 Å². The third kappa shape index (κ3) is 5.19. The molecule has 0 aliphatic rings. The van der Waals surface area contributed by atoms with Crippen molar-refractivity contribution < 1.29 is 9.53 Å². The maximum Gasteiger partial charge on any atom is 0.226 e. The highest BCUT2D eigenvalue weighted by Gasteiger charge is 2.11. The number of hydrogen-bond acceptors (Lipinski definition) is 4. The zero-order chi connectivity index (χ0) is 15.1. The molecule has 5 heteroatoms. The summed E-state index contributed by atoms with van der Waals surface area (Å²) in [7, 11) is 5.60. The summed E-state index contributed by atoms with van der Waals surface area (Å²) < 4.78 is 5.28. The fourth-order valence-corrected chi connectivity index (χ4v) is 1.90. The van der Waals surface area contributed by atoms with Gasteiger partial charge in [-0.3, -0.25) is 4.79 Å². The zero-order valence-corrected chi connectivity index (χ0v) is 12.8. The lowest BCUT2D eigenvalue weighted by molar-refractivity contribution is -0.116. The van der Waals surface area contributed by atoms with Crippen LogP contribution >= 0.6 is 0 Å². The van der Waals surface area contributed by atoms with Gasteiger partial charge in [0.25, 0.3) is 0 Å². The molecule has 0 aliphatic carbocycles. The number of nitrogens with one attached hydrogen (secondary N) is 1. The first-order valence-corrected chi connectivity index (χ1v) is 6.83. The molecule has 1 aromatic carbocycles. The molecule has 0 bridgehead atoms. The van der Waals surface area contributed by atoms with E-state index in [1.54, 1.807) is 7.11 Å². The Bertz CT molecular complexity index is 447. The molecule has 1 unspecified atom stereocenters. The van der Waals surface area contributed by atoms with E-state index in [1.807, 2.05) is 39.2 Å². The van der Waals surface area contributed by atoms with Crippen LogP contribution in [0.15, 0.2) is 18.2 Å². The number of nitrogens with two attached hydrogens (primary N) is 1. The molecule has 5 nitrogen and oxygen atoms in total. The number of rotatable bonds is 7. The highest BCUT2D eigenvalue weighted by Crippen LogP contribution is 2.26. The predicted octanol–water partition coefficient (Wildman–Crippen LogP) is 1.82. The first-order valence-electron chi connectivity index (χ1n) is 6.83. The molecule has 0 aliphatic heterocycles. The van der Waals surface area contributed by atoms with Gasteiger partial charge in [0.2, 0.25) is 5.91 Å². The lowest BCUT2D eigenvalue weighted by Gasteiger charge is -2.15. The average molecular weight is 279 g/mol. The lowest BCUT2D eigenvalue weighted by Crippen LogP contribution is -2.26. The van der Waals surface area contributed by atoms with Crippen molar-refractivity contribution in [3.63, 3.8) is 0 Å². The molecular formula is C15H25N3O2. The number of nitrogens with zero attached hydrogens (tertiary/aromatic N) is 1. The molecule has 0 heterocycles. The molecule has 1 atom stereocenters. The standard InChI is InChI=1S/C15H25N3O2/c1-5-12(16)9-15(19)17-13-8-11(10-18(2)3)6-7-14(13)20-4/h6-8,12H,5,9-10,16H2,1-4H3,(H,17,19). The summed E-state index contributed by atoms with van der Waals surface area (Å²) in [6.07, 6.45) is 1.10. The molecule has 0 saturated heterocycles. The van der Waals surface area contributed by atoms with Crippen molar-refractivity contribution >= 4 is 11.6 Å². The largest absolute Gasteiger partial charge is 0.495 e. The Labute approximate surface area is 121 Å². The molecular weight excluding hydrogens is 254 g/mol. The first kappa shape index (κ1) is 16.5. The summed E-state index contributed by atoms with van der Waals surface area (Å²) in [5, 5.41) is 2.88. The van der Waals surface area contributed by atoms with Gasteiger partial charge in [-0.05, 0) is 38.2 Å². The number of amides is 1. The summed E-state index contributed by atoms with van der Waals surface area (Å²) in [6.45, 7) is 2.78. The van der Waals surface area contributed by atoms with Crippen molar-refractivity contribution in [2.45, 2.75) is 32.4 Å². The molecule has 0 radical (unpaired) electrons. The van der Waals surface area contributed by atoms with E-state index in [2.05, 4.69) is 10.2 Å². The SMILES string of the molecule is CCC(N)CC(=O)Nc1cc(CN(C)C)ccc1OC. The van der Waals surface area contributed by atoms with Crippen LogP contribution in [0.2, 0.25) is 0 Å². The summed E-state index contributed by atoms with van der Waals surface area (Å²) in [5.41, 5.74) is 7.61. The van der Waals surface area contributed by atoms with Gasteiger partial charge in [-0.2, -0.15) is 0 Å². The smallest absolute Gasteiger partial charge is 0.226 e. The molecule has 20 heavy (non-hydrogen) atoms. The van der Waals surface area contributed by atoms with Gasteiger partial charge in [0.15, 0.2) is 0 Å². The molecule has 112 valence electrons. The third-order valence-corrected chi connectivity index (χ3v) is 3.01. The van der Waals surface area contributed by atoms with Crippen LogP contribution in [0.1, 0.15) is 25.3 Å². The minimum absolute atomic E-state index is 0.0837. The summed E-state index contributed by atoms with van der Waals surface area (Å²) in [4.78, 5) is 14.0.